The zero-order chi connectivity index (χ0) is 17.5. The van der Waals surface area contributed by atoms with E-state index in [-0.39, 0.29) is 12.3 Å². The molecule has 0 aliphatic heterocycles. The largest absolute Gasteiger partial charge is 0.493 e. The van der Waals surface area contributed by atoms with Gasteiger partial charge >= 0.3 is 0 Å². The fourth-order valence-corrected chi connectivity index (χ4v) is 1.88. The Morgan fingerprint density at radius 2 is 1.62 bits per heavy atom. The second-order valence-corrected chi connectivity index (χ2v) is 5.41. The second-order valence-electron chi connectivity index (χ2n) is 5.41. The Hall–Kier alpha value is -2.73. The molecule has 2 atom stereocenters. The number of alkyl halides is 1. The Kier molecular flexibility index (Phi) is 6.03. The number of nitro benzene ring substituents is 1. The summed E-state index contributed by atoms with van der Waals surface area (Å²) in [5, 5.41) is 19.4. The molecule has 0 radical (unpaired) electrons. The topological polar surface area (TPSA) is 72.6 Å². The van der Waals surface area contributed by atoms with E-state index in [0.717, 1.165) is 11.1 Å². The van der Waals surface area contributed by atoms with Crippen LogP contribution in [-0.2, 0) is 0 Å². The molecule has 0 spiro atoms. The molecule has 2 unspecified atom stereocenters. The van der Waals surface area contributed by atoms with Crippen LogP contribution in [0.3, 0.4) is 0 Å². The first kappa shape index (κ1) is 17.6. The SMILES string of the molecule is CC(COc1ccc(C=Cc2ccc([N+](=O)[O-])cc2)cc1)C(O)F. The smallest absolute Gasteiger partial charge is 0.269 e. The number of hydrogen-bond acceptors (Lipinski definition) is 4. The van der Waals surface area contributed by atoms with Crippen molar-refractivity contribution in [2.24, 2.45) is 5.92 Å². The number of nitrogens with zero attached hydrogens (tertiary/aromatic N) is 1. The monoisotopic (exact) mass is 331 g/mol. The molecule has 0 saturated heterocycles. The molecule has 2 rings (SSSR count). The highest BCUT2D eigenvalue weighted by Crippen LogP contribution is 2.17. The number of hydrogen-bond donors (Lipinski definition) is 1. The van der Waals surface area contributed by atoms with Crippen LogP contribution in [0.1, 0.15) is 18.1 Å². The van der Waals surface area contributed by atoms with E-state index < -0.39 is 17.2 Å². The standard InChI is InChI=1S/C18H18FNO4/c1-13(18(19)21)12-24-17-10-6-15(7-11-17)3-2-14-4-8-16(9-5-14)20(22)23/h2-11,13,18,21H,12H2,1H3. The predicted octanol–water partition coefficient (Wildman–Crippen LogP) is 4.07. The summed E-state index contributed by atoms with van der Waals surface area (Å²) in [5.41, 5.74) is 1.84. The van der Waals surface area contributed by atoms with E-state index in [2.05, 4.69) is 0 Å². The molecule has 0 bridgehead atoms. The summed E-state index contributed by atoms with van der Waals surface area (Å²) in [5.74, 6) is 0.00157. The van der Waals surface area contributed by atoms with Gasteiger partial charge in [0.1, 0.15) is 5.75 Å². The number of rotatable bonds is 7. The maximum Gasteiger partial charge on any atom is 0.269 e. The van der Waals surface area contributed by atoms with Crippen LogP contribution < -0.4 is 4.74 Å². The Balaban J connectivity index is 1.94. The van der Waals surface area contributed by atoms with Crippen molar-refractivity contribution in [3.63, 3.8) is 0 Å². The summed E-state index contributed by atoms with van der Waals surface area (Å²) >= 11 is 0. The molecule has 2 aromatic rings. The summed E-state index contributed by atoms with van der Waals surface area (Å²) in [6.45, 7) is 1.65. The van der Waals surface area contributed by atoms with Crippen molar-refractivity contribution in [2.75, 3.05) is 6.61 Å². The summed E-state index contributed by atoms with van der Waals surface area (Å²) < 4.78 is 18.0. The van der Waals surface area contributed by atoms with Gasteiger partial charge in [-0.2, -0.15) is 0 Å². The van der Waals surface area contributed by atoms with Crippen LogP contribution in [0.5, 0.6) is 5.75 Å². The fraction of sp³-hybridized carbons (Fsp3) is 0.222. The molecule has 5 nitrogen and oxygen atoms in total. The van der Waals surface area contributed by atoms with Gasteiger partial charge < -0.3 is 9.84 Å². The van der Waals surface area contributed by atoms with Crippen molar-refractivity contribution in [3.8, 4) is 5.75 Å². The third-order valence-corrected chi connectivity index (χ3v) is 3.43. The van der Waals surface area contributed by atoms with Gasteiger partial charge in [-0.1, -0.05) is 31.2 Å². The molecule has 0 aliphatic rings. The number of aliphatic hydroxyl groups excluding tert-OH is 1. The normalized spacial score (nSPS) is 13.6. The van der Waals surface area contributed by atoms with Crippen LogP contribution in [0.4, 0.5) is 10.1 Å². The molecular formula is C18H18FNO4. The lowest BCUT2D eigenvalue weighted by atomic mass is 10.1. The van der Waals surface area contributed by atoms with E-state index in [1.54, 1.807) is 31.2 Å². The number of aliphatic hydroxyl groups is 1. The van der Waals surface area contributed by atoms with Crippen LogP contribution in [0.2, 0.25) is 0 Å². The molecule has 0 aromatic heterocycles. The minimum absolute atomic E-state index is 0.0567. The van der Waals surface area contributed by atoms with Crippen molar-refractivity contribution in [1.29, 1.82) is 0 Å². The number of ether oxygens (including phenoxy) is 1. The zero-order valence-corrected chi connectivity index (χ0v) is 13.1. The lowest BCUT2D eigenvalue weighted by Gasteiger charge is -2.13. The highest BCUT2D eigenvalue weighted by molar-refractivity contribution is 5.70. The summed E-state index contributed by atoms with van der Waals surface area (Å²) in [6.07, 6.45) is 1.83. The van der Waals surface area contributed by atoms with Crippen molar-refractivity contribution in [1.82, 2.24) is 0 Å². The highest BCUT2D eigenvalue weighted by atomic mass is 19.1. The van der Waals surface area contributed by atoms with Gasteiger partial charge in [-0.15, -0.1) is 0 Å². The molecule has 1 N–H and O–H groups in total. The predicted molar refractivity (Wildman–Crippen MR) is 90.2 cm³/mol. The number of non-ortho nitro benzene ring substituents is 1. The van der Waals surface area contributed by atoms with Gasteiger partial charge in [0, 0.05) is 18.1 Å². The van der Waals surface area contributed by atoms with Crippen LogP contribution in [0.25, 0.3) is 12.2 Å². The average Bonchev–Trinajstić information content (AvgIpc) is 2.59. The van der Waals surface area contributed by atoms with Crippen LogP contribution in [-0.4, -0.2) is 23.0 Å². The van der Waals surface area contributed by atoms with Gasteiger partial charge in [-0.3, -0.25) is 10.1 Å². The molecule has 126 valence electrons. The lowest BCUT2D eigenvalue weighted by Crippen LogP contribution is -2.19. The molecule has 0 fully saturated rings. The van der Waals surface area contributed by atoms with Crippen molar-refractivity contribution >= 4 is 17.8 Å². The number of benzene rings is 2. The molecule has 2 aromatic carbocycles. The highest BCUT2D eigenvalue weighted by Gasteiger charge is 2.12. The molecule has 0 saturated carbocycles. The molecular weight excluding hydrogens is 313 g/mol. The van der Waals surface area contributed by atoms with E-state index in [0.29, 0.717) is 5.75 Å². The first-order valence-electron chi connectivity index (χ1n) is 7.43. The Morgan fingerprint density at radius 3 is 2.08 bits per heavy atom. The number of nitro groups is 1. The zero-order valence-electron chi connectivity index (χ0n) is 13.1. The minimum atomic E-state index is -1.89. The van der Waals surface area contributed by atoms with Gasteiger partial charge in [0.05, 0.1) is 11.5 Å². The summed E-state index contributed by atoms with van der Waals surface area (Å²) in [7, 11) is 0. The quantitative estimate of drug-likeness (QED) is 0.471. The third kappa shape index (κ3) is 5.17. The van der Waals surface area contributed by atoms with Gasteiger partial charge in [0.15, 0.2) is 0 Å². The first-order chi connectivity index (χ1) is 11.5. The van der Waals surface area contributed by atoms with E-state index >= 15 is 0 Å². The molecule has 24 heavy (non-hydrogen) atoms. The van der Waals surface area contributed by atoms with E-state index in [1.165, 1.54) is 12.1 Å². The van der Waals surface area contributed by atoms with E-state index in [4.69, 9.17) is 9.84 Å². The second kappa shape index (κ2) is 8.21. The van der Waals surface area contributed by atoms with Crippen LogP contribution in [0.15, 0.2) is 48.5 Å². The Labute approximate surface area is 139 Å². The van der Waals surface area contributed by atoms with Gasteiger partial charge in [0.25, 0.3) is 5.69 Å². The van der Waals surface area contributed by atoms with Crippen molar-refractivity contribution in [2.45, 2.75) is 13.3 Å². The minimum Gasteiger partial charge on any atom is -0.493 e. The lowest BCUT2D eigenvalue weighted by molar-refractivity contribution is -0.384. The fourth-order valence-electron chi connectivity index (χ4n) is 1.88. The molecule has 0 aliphatic carbocycles. The summed E-state index contributed by atoms with van der Waals surface area (Å²) in [6, 6.07) is 13.5. The van der Waals surface area contributed by atoms with Gasteiger partial charge in [0.2, 0.25) is 6.36 Å². The van der Waals surface area contributed by atoms with Crippen molar-refractivity contribution < 1.29 is 19.2 Å². The molecule has 0 amide bonds. The van der Waals surface area contributed by atoms with E-state index in [1.807, 2.05) is 24.3 Å². The maximum atomic E-state index is 12.6. The maximum absolute atomic E-state index is 12.6. The number of halogens is 1. The van der Waals surface area contributed by atoms with Crippen LogP contribution >= 0.6 is 0 Å². The molecule has 0 heterocycles. The Morgan fingerprint density at radius 1 is 1.12 bits per heavy atom. The third-order valence-electron chi connectivity index (χ3n) is 3.43. The van der Waals surface area contributed by atoms with Gasteiger partial charge in [-0.25, -0.2) is 4.39 Å². The van der Waals surface area contributed by atoms with Crippen molar-refractivity contribution in [3.05, 3.63) is 69.8 Å². The Bertz CT molecular complexity index is 696. The average molecular weight is 331 g/mol. The molecule has 6 heteroatoms. The first-order valence-corrected chi connectivity index (χ1v) is 7.43. The van der Waals surface area contributed by atoms with Gasteiger partial charge in [-0.05, 0) is 35.4 Å². The van der Waals surface area contributed by atoms with E-state index in [9.17, 15) is 14.5 Å². The van der Waals surface area contributed by atoms with Crippen LogP contribution in [0, 0.1) is 16.0 Å². The summed E-state index contributed by atoms with van der Waals surface area (Å²) in [4.78, 5) is 10.2.